The smallest absolute Gasteiger partial charge is 0.255 e. The number of anilines is 2. The summed E-state index contributed by atoms with van der Waals surface area (Å²) in [7, 11) is 0. The number of rotatable bonds is 7. The lowest BCUT2D eigenvalue weighted by molar-refractivity contribution is -0.132. The second-order valence-electron chi connectivity index (χ2n) is 11.6. The van der Waals surface area contributed by atoms with Crippen LogP contribution in [0.2, 0.25) is 0 Å². The van der Waals surface area contributed by atoms with Crippen molar-refractivity contribution < 1.29 is 9.59 Å². The van der Waals surface area contributed by atoms with E-state index in [0.717, 1.165) is 91.4 Å². The van der Waals surface area contributed by atoms with Gasteiger partial charge in [-0.2, -0.15) is 0 Å². The second kappa shape index (κ2) is 11.4. The summed E-state index contributed by atoms with van der Waals surface area (Å²) < 4.78 is 0. The van der Waals surface area contributed by atoms with Crippen LogP contribution in [0.5, 0.6) is 0 Å². The number of hydrogen-bond acceptors (Lipinski definition) is 5. The Hall–Kier alpha value is -4.43. The Labute approximate surface area is 246 Å². The number of nitrogens with one attached hydrogen (secondary N) is 3. The van der Waals surface area contributed by atoms with Gasteiger partial charge in [-0.25, -0.2) is 4.98 Å². The first-order chi connectivity index (χ1) is 20.6. The van der Waals surface area contributed by atoms with Gasteiger partial charge < -0.3 is 25.4 Å². The molecule has 7 rings (SSSR count). The maximum absolute atomic E-state index is 12.9. The molecule has 1 saturated carbocycles. The Kier molecular flexibility index (Phi) is 7.22. The summed E-state index contributed by atoms with van der Waals surface area (Å²) >= 11 is 0. The highest BCUT2D eigenvalue weighted by Gasteiger charge is 2.34. The number of aromatic nitrogens is 2. The zero-order chi connectivity index (χ0) is 28.5. The maximum atomic E-state index is 12.9. The molecule has 0 radical (unpaired) electrons. The van der Waals surface area contributed by atoms with E-state index in [1.165, 1.54) is 6.42 Å². The zero-order valence-electron chi connectivity index (χ0n) is 23.7. The second-order valence-corrected chi connectivity index (χ2v) is 11.6. The van der Waals surface area contributed by atoms with E-state index in [1.807, 2.05) is 53.4 Å². The Morgan fingerprint density at radius 2 is 1.45 bits per heavy atom. The number of aromatic amines is 1. The van der Waals surface area contributed by atoms with Gasteiger partial charge in [0.2, 0.25) is 5.91 Å². The summed E-state index contributed by atoms with van der Waals surface area (Å²) in [4.78, 5) is 37.5. The molecule has 2 amide bonds. The van der Waals surface area contributed by atoms with Crippen LogP contribution >= 0.6 is 0 Å². The first-order valence-corrected chi connectivity index (χ1v) is 15.0. The van der Waals surface area contributed by atoms with Crippen molar-refractivity contribution in [2.75, 3.05) is 42.9 Å². The molecule has 0 spiro atoms. The molecule has 3 heterocycles. The minimum Gasteiger partial charge on any atom is -0.368 e. The van der Waals surface area contributed by atoms with Crippen LogP contribution in [0.4, 0.5) is 11.4 Å². The molecule has 8 nitrogen and oxygen atoms in total. The van der Waals surface area contributed by atoms with E-state index in [4.69, 9.17) is 0 Å². The first-order valence-electron chi connectivity index (χ1n) is 15.0. The summed E-state index contributed by atoms with van der Waals surface area (Å²) in [5.41, 5.74) is 7.93. The first kappa shape index (κ1) is 26.5. The van der Waals surface area contributed by atoms with Gasteiger partial charge in [0.15, 0.2) is 0 Å². The summed E-state index contributed by atoms with van der Waals surface area (Å²) in [6.45, 7) is 4.22. The van der Waals surface area contributed by atoms with Crippen LogP contribution in [0.15, 0.2) is 79.1 Å². The van der Waals surface area contributed by atoms with Crippen molar-refractivity contribution in [1.82, 2.24) is 20.2 Å². The van der Waals surface area contributed by atoms with Gasteiger partial charge in [-0.1, -0.05) is 36.4 Å². The van der Waals surface area contributed by atoms with Crippen molar-refractivity contribution >= 4 is 23.2 Å². The van der Waals surface area contributed by atoms with Crippen LogP contribution in [-0.4, -0.2) is 59.4 Å². The van der Waals surface area contributed by atoms with Crippen LogP contribution in [-0.2, 0) is 4.79 Å². The van der Waals surface area contributed by atoms with Crippen molar-refractivity contribution in [1.29, 1.82) is 0 Å². The lowest BCUT2D eigenvalue weighted by Crippen LogP contribution is -2.49. The predicted molar refractivity (Wildman–Crippen MR) is 165 cm³/mol. The Balaban J connectivity index is 0.948. The molecule has 3 fully saturated rings. The molecule has 4 aromatic rings. The van der Waals surface area contributed by atoms with E-state index in [2.05, 4.69) is 49.8 Å². The molecule has 0 bridgehead atoms. The van der Waals surface area contributed by atoms with Crippen LogP contribution in [0.3, 0.4) is 0 Å². The van der Waals surface area contributed by atoms with Gasteiger partial charge in [-0.3, -0.25) is 9.59 Å². The molecule has 3 aromatic carbocycles. The van der Waals surface area contributed by atoms with Crippen LogP contribution in [0, 0.1) is 5.92 Å². The van der Waals surface area contributed by atoms with E-state index in [9.17, 15) is 9.59 Å². The number of piperazine rings is 1. The molecule has 3 N–H and O–H groups in total. The van der Waals surface area contributed by atoms with Crippen molar-refractivity contribution in [2.45, 2.75) is 31.7 Å². The van der Waals surface area contributed by atoms with Gasteiger partial charge >= 0.3 is 0 Å². The minimum absolute atomic E-state index is 0.134. The standard InChI is InChI=1S/C34H36N6O2/c41-33(26-11-15-29(16-12-26)39-18-20-40(21-19-39)34(42)27-7-8-27)38-28-13-9-24(10-14-28)23-3-5-25(6-4-23)31-32(37-22-36-31)30-2-1-17-35-30/h3-6,9-16,22,27,30,35H,1-2,7-8,17-21H2,(H,36,37)(H,38,41). The summed E-state index contributed by atoms with van der Waals surface area (Å²) in [5.74, 6) is 0.464. The number of amides is 2. The molecule has 1 unspecified atom stereocenters. The van der Waals surface area contributed by atoms with Gasteiger partial charge in [0, 0.05) is 60.6 Å². The molecular formula is C34H36N6O2. The van der Waals surface area contributed by atoms with Gasteiger partial charge in [0.25, 0.3) is 5.91 Å². The third kappa shape index (κ3) is 5.54. The topological polar surface area (TPSA) is 93.4 Å². The van der Waals surface area contributed by atoms with E-state index in [0.29, 0.717) is 17.5 Å². The predicted octanol–water partition coefficient (Wildman–Crippen LogP) is 5.48. The average Bonchev–Trinajstić information content (AvgIpc) is 3.52. The van der Waals surface area contributed by atoms with Gasteiger partial charge in [-0.05, 0) is 79.8 Å². The molecule has 42 heavy (non-hydrogen) atoms. The monoisotopic (exact) mass is 560 g/mol. The lowest BCUT2D eigenvalue weighted by atomic mass is 10.0. The summed E-state index contributed by atoms with van der Waals surface area (Å²) in [6.07, 6.45) is 6.19. The summed E-state index contributed by atoms with van der Waals surface area (Å²) in [5, 5.41) is 6.56. The third-order valence-electron chi connectivity index (χ3n) is 8.72. The SMILES string of the molecule is O=C(Nc1ccc(-c2ccc(-c3nc[nH]c3C3CCCN3)cc2)cc1)c1ccc(N2CCN(C(=O)C3CC3)CC2)cc1. The minimum atomic E-state index is -0.134. The Morgan fingerprint density at radius 3 is 2.10 bits per heavy atom. The van der Waals surface area contributed by atoms with E-state index < -0.39 is 0 Å². The molecule has 2 saturated heterocycles. The Bertz CT molecular complexity index is 1540. The number of benzene rings is 3. The van der Waals surface area contributed by atoms with Crippen molar-refractivity contribution in [3.05, 3.63) is 90.4 Å². The number of hydrogen-bond donors (Lipinski definition) is 3. The molecule has 3 aliphatic rings. The molecular weight excluding hydrogens is 524 g/mol. The van der Waals surface area contributed by atoms with Crippen LogP contribution in [0.1, 0.15) is 47.8 Å². The number of imidazole rings is 1. The molecule has 214 valence electrons. The van der Waals surface area contributed by atoms with Gasteiger partial charge in [0.1, 0.15) is 0 Å². The Morgan fingerprint density at radius 1 is 0.786 bits per heavy atom. The van der Waals surface area contributed by atoms with Gasteiger partial charge in [0.05, 0.1) is 17.7 Å². The highest BCUT2D eigenvalue weighted by Crippen LogP contribution is 2.33. The van der Waals surface area contributed by atoms with Crippen molar-refractivity contribution in [2.24, 2.45) is 5.92 Å². The number of carbonyl (C=O) groups is 2. The van der Waals surface area contributed by atoms with E-state index >= 15 is 0 Å². The van der Waals surface area contributed by atoms with Crippen molar-refractivity contribution in [3.63, 3.8) is 0 Å². The number of nitrogens with zero attached hydrogens (tertiary/aromatic N) is 3. The number of H-pyrrole nitrogens is 1. The summed E-state index contributed by atoms with van der Waals surface area (Å²) in [6, 6.07) is 24.5. The highest BCUT2D eigenvalue weighted by molar-refractivity contribution is 6.04. The fourth-order valence-electron chi connectivity index (χ4n) is 6.10. The lowest BCUT2D eigenvalue weighted by Gasteiger charge is -2.36. The highest BCUT2D eigenvalue weighted by atomic mass is 16.2. The third-order valence-corrected chi connectivity index (χ3v) is 8.72. The fraction of sp³-hybridized carbons (Fsp3) is 0.324. The van der Waals surface area contributed by atoms with Crippen LogP contribution in [0.25, 0.3) is 22.4 Å². The van der Waals surface area contributed by atoms with Crippen LogP contribution < -0.4 is 15.5 Å². The average molecular weight is 561 g/mol. The normalized spacial score (nSPS) is 18.7. The number of carbonyl (C=O) groups excluding carboxylic acids is 2. The fourth-order valence-corrected chi connectivity index (χ4v) is 6.10. The largest absolute Gasteiger partial charge is 0.368 e. The molecule has 1 aliphatic carbocycles. The maximum Gasteiger partial charge on any atom is 0.255 e. The van der Waals surface area contributed by atoms with E-state index in [-0.39, 0.29) is 11.8 Å². The zero-order valence-corrected chi connectivity index (χ0v) is 23.7. The molecule has 1 atom stereocenters. The quantitative estimate of drug-likeness (QED) is 0.278. The van der Waals surface area contributed by atoms with E-state index in [1.54, 1.807) is 6.33 Å². The van der Waals surface area contributed by atoms with Gasteiger partial charge in [-0.15, -0.1) is 0 Å². The molecule has 1 aromatic heterocycles. The molecule has 8 heteroatoms. The molecule has 2 aliphatic heterocycles. The van der Waals surface area contributed by atoms with Crippen molar-refractivity contribution in [3.8, 4) is 22.4 Å².